The normalized spacial score (nSPS) is 32.4. The van der Waals surface area contributed by atoms with Crippen LogP contribution in [0.15, 0.2) is 23.9 Å². The Balaban J connectivity index is 2.21. The van der Waals surface area contributed by atoms with Gasteiger partial charge in [-0.3, -0.25) is 0 Å². The quantitative estimate of drug-likeness (QED) is 0.551. The van der Waals surface area contributed by atoms with E-state index in [0.717, 1.165) is 18.5 Å². The first-order chi connectivity index (χ1) is 5.74. The standard InChI is InChI=1S/C9H10NO2/c1-10-7-2-4-9(6-7)5-3-8(11)12-9/h3,5-6H,2,4H2,1H3/q-1/t9-/m0/s1. The number of esters is 1. The molecule has 0 aromatic heterocycles. The Labute approximate surface area is 71.1 Å². The molecule has 0 amide bonds. The molecule has 0 saturated carbocycles. The summed E-state index contributed by atoms with van der Waals surface area (Å²) in [5.41, 5.74) is 0.570. The molecule has 12 heavy (non-hydrogen) atoms. The van der Waals surface area contributed by atoms with E-state index in [-0.39, 0.29) is 5.97 Å². The van der Waals surface area contributed by atoms with E-state index in [1.807, 2.05) is 12.2 Å². The van der Waals surface area contributed by atoms with Crippen LogP contribution in [0.2, 0.25) is 0 Å². The van der Waals surface area contributed by atoms with E-state index in [1.54, 1.807) is 7.05 Å². The van der Waals surface area contributed by atoms with Crippen molar-refractivity contribution in [2.75, 3.05) is 7.05 Å². The molecule has 1 aliphatic heterocycles. The van der Waals surface area contributed by atoms with Crippen molar-refractivity contribution in [1.82, 2.24) is 0 Å². The second kappa shape index (κ2) is 2.37. The minimum atomic E-state index is -0.452. The fourth-order valence-electron chi connectivity index (χ4n) is 1.60. The molecule has 0 saturated heterocycles. The number of hydrogen-bond donors (Lipinski definition) is 0. The van der Waals surface area contributed by atoms with Gasteiger partial charge in [-0.25, -0.2) is 4.79 Å². The lowest BCUT2D eigenvalue weighted by Crippen LogP contribution is -2.22. The van der Waals surface area contributed by atoms with Gasteiger partial charge in [0.15, 0.2) is 0 Å². The number of ether oxygens (including phenoxy) is 1. The van der Waals surface area contributed by atoms with E-state index in [0.29, 0.717) is 0 Å². The molecule has 2 rings (SSSR count). The van der Waals surface area contributed by atoms with Crippen molar-refractivity contribution in [2.24, 2.45) is 0 Å². The summed E-state index contributed by atoms with van der Waals surface area (Å²) in [5.74, 6) is -0.247. The van der Waals surface area contributed by atoms with Crippen LogP contribution in [0.3, 0.4) is 0 Å². The van der Waals surface area contributed by atoms with Crippen molar-refractivity contribution >= 4 is 5.97 Å². The van der Waals surface area contributed by atoms with Crippen molar-refractivity contribution < 1.29 is 9.53 Å². The lowest BCUT2D eigenvalue weighted by atomic mass is 10.1. The second-order valence-corrected chi connectivity index (χ2v) is 3.07. The Morgan fingerprint density at radius 1 is 1.67 bits per heavy atom. The third-order valence-electron chi connectivity index (χ3n) is 2.26. The van der Waals surface area contributed by atoms with Crippen LogP contribution in [0, 0.1) is 0 Å². The van der Waals surface area contributed by atoms with Gasteiger partial charge in [-0.2, -0.15) is 5.70 Å². The van der Waals surface area contributed by atoms with Crippen LogP contribution < -0.4 is 0 Å². The molecule has 3 heteroatoms. The van der Waals surface area contributed by atoms with Gasteiger partial charge in [-0.05, 0) is 18.9 Å². The highest BCUT2D eigenvalue weighted by Gasteiger charge is 2.35. The Kier molecular flexibility index (Phi) is 1.46. The number of carbonyl (C=O) groups is 1. The molecule has 0 fully saturated rings. The van der Waals surface area contributed by atoms with Gasteiger partial charge in [0.1, 0.15) is 5.60 Å². The molecule has 2 aliphatic rings. The van der Waals surface area contributed by atoms with E-state index in [2.05, 4.69) is 5.32 Å². The van der Waals surface area contributed by atoms with Gasteiger partial charge < -0.3 is 10.1 Å². The van der Waals surface area contributed by atoms with Crippen LogP contribution in [-0.4, -0.2) is 18.6 Å². The molecule has 64 valence electrons. The minimum absolute atomic E-state index is 0.247. The molecule has 0 N–H and O–H groups in total. The third-order valence-corrected chi connectivity index (χ3v) is 2.26. The lowest BCUT2D eigenvalue weighted by molar-refractivity contribution is -0.142. The summed E-state index contributed by atoms with van der Waals surface area (Å²) < 4.78 is 5.16. The molecular weight excluding hydrogens is 154 g/mol. The summed E-state index contributed by atoms with van der Waals surface area (Å²) in [6.45, 7) is 0. The minimum Gasteiger partial charge on any atom is -0.690 e. The lowest BCUT2D eigenvalue weighted by Gasteiger charge is -2.17. The van der Waals surface area contributed by atoms with Gasteiger partial charge >= 0.3 is 5.97 Å². The average Bonchev–Trinajstić information content (AvgIpc) is 2.61. The number of nitrogens with zero attached hydrogens (tertiary/aromatic N) is 1. The van der Waals surface area contributed by atoms with Crippen LogP contribution in [-0.2, 0) is 9.53 Å². The summed E-state index contributed by atoms with van der Waals surface area (Å²) in [5, 5.41) is 4.07. The molecule has 1 aliphatic carbocycles. The average molecular weight is 164 g/mol. The summed E-state index contributed by atoms with van der Waals surface area (Å²) >= 11 is 0. The molecule has 0 aromatic carbocycles. The molecule has 0 unspecified atom stereocenters. The van der Waals surface area contributed by atoms with Gasteiger partial charge in [0.25, 0.3) is 0 Å². The van der Waals surface area contributed by atoms with Crippen molar-refractivity contribution in [2.45, 2.75) is 18.4 Å². The largest absolute Gasteiger partial charge is 0.690 e. The molecule has 0 radical (unpaired) electrons. The first-order valence-electron chi connectivity index (χ1n) is 3.98. The summed E-state index contributed by atoms with van der Waals surface area (Å²) in [6, 6.07) is 0. The first-order valence-corrected chi connectivity index (χ1v) is 3.98. The van der Waals surface area contributed by atoms with Crippen molar-refractivity contribution in [3.63, 3.8) is 0 Å². The molecule has 1 atom stereocenters. The zero-order valence-electron chi connectivity index (χ0n) is 6.91. The molecule has 0 aromatic rings. The predicted octanol–water partition coefficient (Wildman–Crippen LogP) is 1.52. The van der Waals surface area contributed by atoms with Crippen molar-refractivity contribution in [3.05, 3.63) is 29.2 Å². The molecule has 1 spiro atoms. The Bertz CT molecular complexity index is 280. The highest BCUT2D eigenvalue weighted by atomic mass is 16.6. The Hall–Kier alpha value is -1.25. The van der Waals surface area contributed by atoms with E-state index in [9.17, 15) is 4.79 Å². The highest BCUT2D eigenvalue weighted by molar-refractivity contribution is 5.85. The maximum atomic E-state index is 10.8. The summed E-state index contributed by atoms with van der Waals surface area (Å²) in [7, 11) is 1.76. The molecule has 3 nitrogen and oxygen atoms in total. The van der Waals surface area contributed by atoms with Crippen LogP contribution in [0.25, 0.3) is 5.32 Å². The van der Waals surface area contributed by atoms with Gasteiger partial charge in [-0.15, -0.1) is 7.05 Å². The Morgan fingerprint density at radius 3 is 3.00 bits per heavy atom. The van der Waals surface area contributed by atoms with Crippen LogP contribution >= 0.6 is 0 Å². The van der Waals surface area contributed by atoms with Crippen LogP contribution in [0.1, 0.15) is 12.8 Å². The predicted molar refractivity (Wildman–Crippen MR) is 44.6 cm³/mol. The third kappa shape index (κ3) is 1.02. The van der Waals surface area contributed by atoms with Crippen LogP contribution in [0.4, 0.5) is 0 Å². The fourth-order valence-corrected chi connectivity index (χ4v) is 1.60. The van der Waals surface area contributed by atoms with Crippen LogP contribution in [0.5, 0.6) is 0 Å². The molecule has 0 bridgehead atoms. The fraction of sp³-hybridized carbons (Fsp3) is 0.444. The number of carbonyl (C=O) groups excluding carboxylic acids is 1. The smallest absolute Gasteiger partial charge is 0.331 e. The van der Waals surface area contributed by atoms with E-state index < -0.39 is 5.60 Å². The monoisotopic (exact) mass is 164 g/mol. The van der Waals surface area contributed by atoms with Crippen molar-refractivity contribution in [3.8, 4) is 0 Å². The van der Waals surface area contributed by atoms with Crippen molar-refractivity contribution in [1.29, 1.82) is 0 Å². The maximum Gasteiger partial charge on any atom is 0.331 e. The van der Waals surface area contributed by atoms with Gasteiger partial charge in [0.05, 0.1) is 0 Å². The number of allylic oxidation sites excluding steroid dienone is 1. The van der Waals surface area contributed by atoms with E-state index in [4.69, 9.17) is 4.74 Å². The highest BCUT2D eigenvalue weighted by Crippen LogP contribution is 2.37. The van der Waals surface area contributed by atoms with Gasteiger partial charge in [0, 0.05) is 6.08 Å². The Morgan fingerprint density at radius 2 is 2.50 bits per heavy atom. The zero-order valence-corrected chi connectivity index (χ0v) is 6.91. The SMILES string of the molecule is C[N-]C1=C[C@@]2(C=CC(=O)O2)CC1. The maximum absolute atomic E-state index is 10.8. The zero-order chi connectivity index (χ0) is 8.60. The second-order valence-electron chi connectivity index (χ2n) is 3.07. The molecular formula is C9H10NO2-. The topological polar surface area (TPSA) is 40.4 Å². The first kappa shape index (κ1) is 7.40. The van der Waals surface area contributed by atoms with E-state index in [1.165, 1.54) is 6.08 Å². The van der Waals surface area contributed by atoms with E-state index >= 15 is 0 Å². The number of hydrogen-bond acceptors (Lipinski definition) is 2. The summed E-state index contributed by atoms with van der Waals surface area (Å²) in [4.78, 5) is 10.8. The summed E-state index contributed by atoms with van der Waals surface area (Å²) in [6.07, 6.45) is 6.95. The number of rotatable bonds is 1. The van der Waals surface area contributed by atoms with Gasteiger partial charge in [-0.1, -0.05) is 6.08 Å². The van der Waals surface area contributed by atoms with Gasteiger partial charge in [0.2, 0.25) is 0 Å². The molecule has 1 heterocycles.